The van der Waals surface area contributed by atoms with Crippen LogP contribution in [0, 0.1) is 0 Å². The van der Waals surface area contributed by atoms with Crippen LogP contribution < -0.4 is 25.2 Å². The summed E-state index contributed by atoms with van der Waals surface area (Å²) in [6, 6.07) is 22.0. The zero-order valence-corrected chi connectivity index (χ0v) is 29.5. The van der Waals surface area contributed by atoms with E-state index in [2.05, 4.69) is 35.7 Å². The Balaban J connectivity index is 1.04. The third-order valence-electron chi connectivity index (χ3n) is 9.21. The zero-order chi connectivity index (χ0) is 37.0. The molecule has 0 bridgehead atoms. The fraction of sp³-hybridized carbons (Fsp3) is 0.333. The van der Waals surface area contributed by atoms with E-state index in [0.29, 0.717) is 29.8 Å². The Morgan fingerprint density at radius 1 is 0.962 bits per heavy atom. The molecular formula is C36H39F3N8O4S. The van der Waals surface area contributed by atoms with Crippen molar-refractivity contribution in [3.05, 3.63) is 101 Å². The van der Waals surface area contributed by atoms with Crippen LogP contribution in [0.3, 0.4) is 0 Å². The van der Waals surface area contributed by atoms with Crippen LogP contribution >= 0.6 is 0 Å². The van der Waals surface area contributed by atoms with Crippen LogP contribution in [0.1, 0.15) is 41.0 Å². The number of piperazine rings is 1. The monoisotopic (exact) mass is 736 g/mol. The van der Waals surface area contributed by atoms with E-state index in [1.807, 2.05) is 48.5 Å². The second kappa shape index (κ2) is 15.2. The molecule has 2 saturated heterocycles. The van der Waals surface area contributed by atoms with Gasteiger partial charge in [-0.15, -0.1) is 0 Å². The van der Waals surface area contributed by atoms with E-state index in [9.17, 15) is 31.2 Å². The molecule has 0 radical (unpaired) electrons. The lowest BCUT2D eigenvalue weighted by atomic mass is 9.90. The van der Waals surface area contributed by atoms with Crippen molar-refractivity contribution in [2.45, 2.75) is 38.0 Å². The molecule has 2 fully saturated rings. The molecule has 3 heterocycles. The highest BCUT2D eigenvalue weighted by Crippen LogP contribution is 2.35. The standard InChI is InChI=1S/C36H39F3N8O4S/c1-45(52(2,50)51)29-5-3-4-25(20-29)21-40-33-31(36(37,38)39)22-41-35(44-33)42-27-10-12-28(13-11-27)47-18-16-46(17-19-47)23-24-6-8-26(9-7-24)30-14-15-32(48)43-34(30)49/h3-13,20,22,30H,14-19,21,23H2,1-2H3,(H,43,48,49)(H2,40,41,42,44). The topological polar surface area (TPSA) is 140 Å². The van der Waals surface area contributed by atoms with Crippen LogP contribution in [0.4, 0.5) is 42.0 Å². The average Bonchev–Trinajstić information content (AvgIpc) is 3.11. The predicted octanol–water partition coefficient (Wildman–Crippen LogP) is 5.09. The first-order valence-electron chi connectivity index (χ1n) is 16.7. The number of rotatable bonds is 11. The minimum atomic E-state index is -4.70. The minimum Gasteiger partial charge on any atom is -0.369 e. The van der Waals surface area contributed by atoms with Crippen molar-refractivity contribution >= 4 is 50.7 Å². The normalized spacial score (nSPS) is 17.1. The molecule has 16 heteroatoms. The number of piperidine rings is 1. The van der Waals surface area contributed by atoms with Crippen molar-refractivity contribution in [1.29, 1.82) is 0 Å². The van der Waals surface area contributed by atoms with Gasteiger partial charge in [0, 0.05) is 70.3 Å². The summed E-state index contributed by atoms with van der Waals surface area (Å²) < 4.78 is 66.5. The van der Waals surface area contributed by atoms with Crippen molar-refractivity contribution in [2.24, 2.45) is 0 Å². The largest absolute Gasteiger partial charge is 0.421 e. The fourth-order valence-electron chi connectivity index (χ4n) is 6.20. The van der Waals surface area contributed by atoms with Crippen LogP contribution in [-0.4, -0.2) is 74.6 Å². The molecule has 0 aliphatic carbocycles. The number of imide groups is 1. The summed E-state index contributed by atoms with van der Waals surface area (Å²) in [5.41, 5.74) is 3.59. The maximum atomic E-state index is 13.8. The van der Waals surface area contributed by atoms with Crippen molar-refractivity contribution in [1.82, 2.24) is 20.2 Å². The molecule has 1 unspecified atom stereocenters. The van der Waals surface area contributed by atoms with Gasteiger partial charge in [0.1, 0.15) is 11.4 Å². The van der Waals surface area contributed by atoms with Gasteiger partial charge in [-0.05, 0) is 59.5 Å². The van der Waals surface area contributed by atoms with E-state index in [1.165, 1.54) is 7.05 Å². The summed E-state index contributed by atoms with van der Waals surface area (Å²) in [4.78, 5) is 36.4. The molecule has 2 amide bonds. The summed E-state index contributed by atoms with van der Waals surface area (Å²) in [7, 11) is -2.12. The van der Waals surface area contributed by atoms with Gasteiger partial charge in [-0.1, -0.05) is 36.4 Å². The van der Waals surface area contributed by atoms with Gasteiger partial charge in [0.15, 0.2) is 0 Å². The molecule has 2 aliphatic rings. The van der Waals surface area contributed by atoms with Crippen molar-refractivity contribution in [2.75, 3.05) is 59.3 Å². The van der Waals surface area contributed by atoms with Crippen molar-refractivity contribution in [3.63, 3.8) is 0 Å². The quantitative estimate of drug-likeness (QED) is 0.179. The number of halogens is 3. The maximum absolute atomic E-state index is 13.8. The van der Waals surface area contributed by atoms with Crippen LogP contribution in [0.2, 0.25) is 0 Å². The fourth-order valence-corrected chi connectivity index (χ4v) is 6.69. The highest BCUT2D eigenvalue weighted by molar-refractivity contribution is 7.92. The van der Waals surface area contributed by atoms with E-state index in [1.54, 1.807) is 24.3 Å². The lowest BCUT2D eigenvalue weighted by Crippen LogP contribution is -2.45. The van der Waals surface area contributed by atoms with Gasteiger partial charge in [-0.25, -0.2) is 13.4 Å². The first kappa shape index (κ1) is 36.6. The Hall–Kier alpha value is -5.22. The molecule has 1 atom stereocenters. The van der Waals surface area contributed by atoms with Gasteiger partial charge in [-0.2, -0.15) is 18.2 Å². The summed E-state index contributed by atoms with van der Waals surface area (Å²) in [5.74, 6) is -1.19. The van der Waals surface area contributed by atoms with Gasteiger partial charge in [0.2, 0.25) is 27.8 Å². The number of nitrogens with one attached hydrogen (secondary N) is 3. The number of hydrogen-bond acceptors (Lipinski definition) is 10. The molecule has 6 rings (SSSR count). The predicted molar refractivity (Wildman–Crippen MR) is 193 cm³/mol. The van der Waals surface area contributed by atoms with E-state index in [4.69, 9.17) is 0 Å². The molecule has 52 heavy (non-hydrogen) atoms. The van der Waals surface area contributed by atoms with E-state index in [0.717, 1.165) is 66.3 Å². The molecule has 4 aromatic rings. The summed E-state index contributed by atoms with van der Waals surface area (Å²) in [5, 5.41) is 8.14. The molecular weight excluding hydrogens is 698 g/mol. The van der Waals surface area contributed by atoms with Crippen LogP contribution in [0.25, 0.3) is 0 Å². The number of amides is 2. The van der Waals surface area contributed by atoms with E-state index in [-0.39, 0.29) is 30.2 Å². The zero-order valence-electron chi connectivity index (χ0n) is 28.7. The Morgan fingerprint density at radius 3 is 2.33 bits per heavy atom. The van der Waals surface area contributed by atoms with Crippen LogP contribution in [0.15, 0.2) is 79.0 Å². The second-order valence-corrected chi connectivity index (χ2v) is 14.9. The number of sulfonamides is 1. The third-order valence-corrected chi connectivity index (χ3v) is 10.4. The molecule has 274 valence electrons. The second-order valence-electron chi connectivity index (χ2n) is 12.9. The molecule has 3 N–H and O–H groups in total. The van der Waals surface area contributed by atoms with E-state index >= 15 is 0 Å². The average molecular weight is 737 g/mol. The molecule has 1 aromatic heterocycles. The number of carbonyl (C=O) groups is 2. The Kier molecular flexibility index (Phi) is 10.7. The highest BCUT2D eigenvalue weighted by Gasteiger charge is 2.35. The number of hydrogen-bond donors (Lipinski definition) is 3. The summed E-state index contributed by atoms with van der Waals surface area (Å²) in [6.45, 7) is 4.07. The van der Waals surface area contributed by atoms with Gasteiger partial charge >= 0.3 is 6.18 Å². The number of anilines is 5. The number of alkyl halides is 3. The Labute approximate surface area is 300 Å². The number of aromatic nitrogens is 2. The molecule has 12 nitrogen and oxygen atoms in total. The lowest BCUT2D eigenvalue weighted by Gasteiger charge is -2.36. The summed E-state index contributed by atoms with van der Waals surface area (Å²) >= 11 is 0. The Bertz CT molecular complexity index is 2020. The molecule has 3 aromatic carbocycles. The number of benzene rings is 3. The molecule has 0 spiro atoms. The van der Waals surface area contributed by atoms with Gasteiger partial charge in [-0.3, -0.25) is 24.1 Å². The van der Waals surface area contributed by atoms with Crippen molar-refractivity contribution in [3.8, 4) is 0 Å². The van der Waals surface area contributed by atoms with Gasteiger partial charge in [0.05, 0.1) is 17.9 Å². The first-order valence-corrected chi connectivity index (χ1v) is 18.6. The van der Waals surface area contributed by atoms with E-state index < -0.39 is 27.6 Å². The number of carbonyl (C=O) groups excluding carboxylic acids is 2. The Morgan fingerprint density at radius 2 is 1.67 bits per heavy atom. The van der Waals surface area contributed by atoms with Crippen LogP contribution in [-0.2, 0) is 38.9 Å². The lowest BCUT2D eigenvalue weighted by molar-refractivity contribution is -0.137. The third kappa shape index (κ3) is 8.98. The number of nitrogens with zero attached hydrogens (tertiary/aromatic N) is 5. The minimum absolute atomic E-state index is 0.0208. The first-order chi connectivity index (χ1) is 24.7. The van der Waals surface area contributed by atoms with Crippen LogP contribution in [0.5, 0.6) is 0 Å². The van der Waals surface area contributed by atoms with Gasteiger partial charge in [0.25, 0.3) is 0 Å². The molecule has 0 saturated carbocycles. The summed E-state index contributed by atoms with van der Waals surface area (Å²) in [6.07, 6.45) is -2.03. The molecule has 2 aliphatic heterocycles. The smallest absolute Gasteiger partial charge is 0.369 e. The van der Waals surface area contributed by atoms with Crippen molar-refractivity contribution < 1.29 is 31.2 Å². The van der Waals surface area contributed by atoms with Gasteiger partial charge < -0.3 is 15.5 Å². The highest BCUT2D eigenvalue weighted by atomic mass is 32.2. The maximum Gasteiger partial charge on any atom is 0.421 e. The SMILES string of the molecule is CN(c1cccc(CNc2nc(Nc3ccc(N4CCN(Cc5ccc(C6CCC(=O)NC6=O)cc5)CC4)cc3)ncc2C(F)(F)F)c1)S(C)(=O)=O.